The number of aryl methyl sites for hydroxylation is 1. The van der Waals surface area contributed by atoms with E-state index in [1.165, 1.54) is 16.0 Å². The van der Waals surface area contributed by atoms with Crippen LogP contribution in [0.2, 0.25) is 0 Å². The van der Waals surface area contributed by atoms with Crippen LogP contribution in [0.25, 0.3) is 5.65 Å². The molecule has 1 N–H and O–H groups in total. The van der Waals surface area contributed by atoms with E-state index in [4.69, 9.17) is 9.47 Å². The summed E-state index contributed by atoms with van der Waals surface area (Å²) in [7, 11) is 0. The summed E-state index contributed by atoms with van der Waals surface area (Å²) in [5, 5.41) is 2.81. The normalized spacial score (nSPS) is 11.3. The Morgan fingerprint density at radius 2 is 1.60 bits per heavy atom. The van der Waals surface area contributed by atoms with Gasteiger partial charge in [-0.3, -0.25) is 14.0 Å². The smallest absolute Gasteiger partial charge is 0.262 e. The van der Waals surface area contributed by atoms with Crippen LogP contribution in [-0.4, -0.2) is 21.9 Å². The van der Waals surface area contributed by atoms with Crippen molar-refractivity contribution in [2.75, 3.05) is 11.9 Å². The number of amides is 1. The molecule has 2 heterocycles. The summed E-state index contributed by atoms with van der Waals surface area (Å²) in [6.07, 6.45) is 1.76. The first-order chi connectivity index (χ1) is 16.7. The van der Waals surface area contributed by atoms with Crippen molar-refractivity contribution >= 4 is 17.2 Å². The van der Waals surface area contributed by atoms with Crippen LogP contribution >= 0.6 is 0 Å². The molecule has 2 aromatic carbocycles. The number of aromatic nitrogens is 2. The molecule has 4 aromatic rings. The monoisotopic (exact) mass is 471 g/mol. The molecule has 0 aliphatic rings. The number of benzene rings is 2. The van der Waals surface area contributed by atoms with Gasteiger partial charge in [0.05, 0.1) is 5.69 Å². The summed E-state index contributed by atoms with van der Waals surface area (Å²) in [5.74, 6) is 0.993. The number of rotatable bonds is 7. The van der Waals surface area contributed by atoms with E-state index in [-0.39, 0.29) is 30.1 Å². The number of nitrogens with one attached hydrogen (secondary N) is 1. The molecule has 0 atom stereocenters. The predicted octanol–water partition coefficient (Wildman–Crippen LogP) is 4.90. The van der Waals surface area contributed by atoms with Gasteiger partial charge >= 0.3 is 0 Å². The Morgan fingerprint density at radius 3 is 2.29 bits per heavy atom. The van der Waals surface area contributed by atoms with E-state index in [0.717, 1.165) is 5.56 Å². The van der Waals surface area contributed by atoms with Crippen molar-refractivity contribution in [1.82, 2.24) is 9.38 Å². The first-order valence-corrected chi connectivity index (χ1v) is 11.4. The number of ether oxygens (including phenoxy) is 2. The van der Waals surface area contributed by atoms with Crippen LogP contribution < -0.4 is 20.3 Å². The standard InChI is InChI=1S/C28H29N3O4/c1-19-5-14-25-29-22(15-27(33)31(25)16-19)17-34-24-12-8-21(9-13-24)30-26(32)18-35-23-10-6-20(7-11-23)28(2,3)4/h5-16H,17-18H2,1-4H3,(H,30,32). The van der Waals surface area contributed by atoms with E-state index < -0.39 is 0 Å². The summed E-state index contributed by atoms with van der Waals surface area (Å²) < 4.78 is 12.9. The van der Waals surface area contributed by atoms with Gasteiger partial charge in [0.2, 0.25) is 0 Å². The van der Waals surface area contributed by atoms with Crippen LogP contribution in [0.4, 0.5) is 5.69 Å². The third-order valence-corrected chi connectivity index (χ3v) is 5.48. The van der Waals surface area contributed by atoms with E-state index in [0.29, 0.717) is 28.5 Å². The summed E-state index contributed by atoms with van der Waals surface area (Å²) in [4.78, 5) is 29.1. The van der Waals surface area contributed by atoms with Crippen LogP contribution in [0.5, 0.6) is 11.5 Å². The summed E-state index contributed by atoms with van der Waals surface area (Å²) in [5.41, 5.74) is 3.86. The lowest BCUT2D eigenvalue weighted by Crippen LogP contribution is -2.20. The molecular formula is C28H29N3O4. The van der Waals surface area contributed by atoms with Crippen LogP contribution in [-0.2, 0) is 16.8 Å². The molecule has 2 aromatic heterocycles. The van der Waals surface area contributed by atoms with Gasteiger partial charge in [-0.2, -0.15) is 0 Å². The van der Waals surface area contributed by atoms with Crippen molar-refractivity contribution in [3.05, 3.63) is 100 Å². The van der Waals surface area contributed by atoms with Gasteiger partial charge in [-0.05, 0) is 65.9 Å². The Kier molecular flexibility index (Phi) is 6.87. The van der Waals surface area contributed by atoms with Crippen molar-refractivity contribution in [2.24, 2.45) is 0 Å². The molecular weight excluding hydrogens is 442 g/mol. The highest BCUT2D eigenvalue weighted by molar-refractivity contribution is 5.91. The SMILES string of the molecule is Cc1ccc2nc(COc3ccc(NC(=O)COc4ccc(C(C)(C)C)cc4)cc3)cc(=O)n2c1. The lowest BCUT2D eigenvalue weighted by atomic mass is 9.87. The van der Waals surface area contributed by atoms with Gasteiger partial charge in [-0.25, -0.2) is 4.98 Å². The minimum absolute atomic E-state index is 0.0645. The molecule has 0 aliphatic heterocycles. The highest BCUT2D eigenvalue weighted by Crippen LogP contribution is 2.24. The molecule has 0 saturated carbocycles. The van der Waals surface area contributed by atoms with Gasteiger partial charge in [-0.1, -0.05) is 39.0 Å². The molecule has 7 nitrogen and oxygen atoms in total. The fourth-order valence-corrected chi connectivity index (χ4v) is 3.52. The number of nitrogens with zero attached hydrogens (tertiary/aromatic N) is 2. The van der Waals surface area contributed by atoms with Gasteiger partial charge < -0.3 is 14.8 Å². The van der Waals surface area contributed by atoms with E-state index in [2.05, 4.69) is 31.1 Å². The molecule has 0 spiro atoms. The van der Waals surface area contributed by atoms with Gasteiger partial charge in [-0.15, -0.1) is 0 Å². The molecule has 0 radical (unpaired) electrons. The third kappa shape index (κ3) is 6.26. The lowest BCUT2D eigenvalue weighted by Gasteiger charge is -2.19. The quantitative estimate of drug-likeness (QED) is 0.415. The third-order valence-electron chi connectivity index (χ3n) is 5.48. The average Bonchev–Trinajstić information content (AvgIpc) is 2.82. The second-order valence-electron chi connectivity index (χ2n) is 9.44. The molecule has 1 amide bonds. The zero-order valence-corrected chi connectivity index (χ0v) is 20.4. The average molecular weight is 472 g/mol. The van der Waals surface area contributed by atoms with Crippen molar-refractivity contribution in [3.8, 4) is 11.5 Å². The van der Waals surface area contributed by atoms with E-state index in [1.807, 2.05) is 43.3 Å². The van der Waals surface area contributed by atoms with E-state index in [9.17, 15) is 9.59 Å². The van der Waals surface area contributed by atoms with E-state index in [1.54, 1.807) is 30.5 Å². The molecule has 0 bridgehead atoms. The zero-order valence-electron chi connectivity index (χ0n) is 20.4. The number of pyridine rings is 1. The lowest BCUT2D eigenvalue weighted by molar-refractivity contribution is -0.118. The second-order valence-corrected chi connectivity index (χ2v) is 9.44. The van der Waals surface area contributed by atoms with Gasteiger partial charge in [0, 0.05) is 18.0 Å². The minimum atomic E-state index is -0.255. The molecule has 7 heteroatoms. The minimum Gasteiger partial charge on any atom is -0.487 e. The van der Waals surface area contributed by atoms with Crippen molar-refractivity contribution in [1.29, 1.82) is 0 Å². The Labute approximate surface area is 204 Å². The Balaban J connectivity index is 1.29. The van der Waals surface area contributed by atoms with Crippen molar-refractivity contribution < 1.29 is 14.3 Å². The number of carbonyl (C=O) groups excluding carboxylic acids is 1. The fraction of sp³-hybridized carbons (Fsp3) is 0.250. The van der Waals surface area contributed by atoms with E-state index >= 15 is 0 Å². The Bertz CT molecular complexity index is 1390. The Hall–Kier alpha value is -4.13. The molecule has 35 heavy (non-hydrogen) atoms. The number of hydrogen-bond acceptors (Lipinski definition) is 5. The fourth-order valence-electron chi connectivity index (χ4n) is 3.52. The second kappa shape index (κ2) is 10.0. The number of fused-ring (bicyclic) bond motifs is 1. The first kappa shape index (κ1) is 24.0. The zero-order chi connectivity index (χ0) is 25.0. The van der Waals surface area contributed by atoms with Crippen LogP contribution in [0.1, 0.15) is 37.6 Å². The van der Waals surface area contributed by atoms with Crippen molar-refractivity contribution in [2.45, 2.75) is 39.7 Å². The molecule has 0 unspecified atom stereocenters. The topological polar surface area (TPSA) is 81.9 Å². The highest BCUT2D eigenvalue weighted by Gasteiger charge is 2.13. The maximum Gasteiger partial charge on any atom is 0.262 e. The number of anilines is 1. The van der Waals surface area contributed by atoms with Gasteiger partial charge in [0.1, 0.15) is 23.8 Å². The number of hydrogen-bond donors (Lipinski definition) is 1. The Morgan fingerprint density at radius 1 is 0.943 bits per heavy atom. The van der Waals surface area contributed by atoms with Crippen LogP contribution in [0.15, 0.2) is 77.7 Å². The van der Waals surface area contributed by atoms with Gasteiger partial charge in [0.25, 0.3) is 11.5 Å². The largest absolute Gasteiger partial charge is 0.487 e. The van der Waals surface area contributed by atoms with Gasteiger partial charge in [0.15, 0.2) is 6.61 Å². The molecule has 0 saturated heterocycles. The summed E-state index contributed by atoms with van der Waals surface area (Å²) in [6.45, 7) is 8.44. The predicted molar refractivity (Wildman–Crippen MR) is 136 cm³/mol. The van der Waals surface area contributed by atoms with Crippen LogP contribution in [0.3, 0.4) is 0 Å². The molecule has 0 fully saturated rings. The maximum atomic E-state index is 12.3. The number of carbonyl (C=O) groups is 1. The molecule has 0 aliphatic carbocycles. The van der Waals surface area contributed by atoms with Crippen LogP contribution in [0, 0.1) is 6.92 Å². The maximum absolute atomic E-state index is 12.3. The summed E-state index contributed by atoms with van der Waals surface area (Å²) in [6, 6.07) is 20.0. The summed E-state index contributed by atoms with van der Waals surface area (Å²) >= 11 is 0. The van der Waals surface area contributed by atoms with Crippen molar-refractivity contribution in [3.63, 3.8) is 0 Å². The molecule has 180 valence electrons. The first-order valence-electron chi connectivity index (χ1n) is 11.4. The highest BCUT2D eigenvalue weighted by atomic mass is 16.5. The molecule has 4 rings (SSSR count).